The van der Waals surface area contributed by atoms with E-state index in [2.05, 4.69) is 5.32 Å². The van der Waals surface area contributed by atoms with E-state index in [9.17, 15) is 14.4 Å². The van der Waals surface area contributed by atoms with Crippen LogP contribution in [0.1, 0.15) is 13.8 Å². The maximum atomic E-state index is 12.2. The molecule has 1 heterocycles. The second-order valence-corrected chi connectivity index (χ2v) is 5.49. The van der Waals surface area contributed by atoms with E-state index in [4.69, 9.17) is 5.73 Å². The molecule has 1 aromatic rings. The first-order chi connectivity index (χ1) is 9.72. The van der Waals surface area contributed by atoms with Crippen molar-refractivity contribution < 1.29 is 14.4 Å². The van der Waals surface area contributed by atoms with Gasteiger partial charge in [-0.2, -0.15) is 0 Å². The van der Waals surface area contributed by atoms with Crippen LogP contribution in [0.4, 0.5) is 16.2 Å². The minimum Gasteiger partial charge on any atom is -0.399 e. The van der Waals surface area contributed by atoms with Gasteiger partial charge < -0.3 is 16.0 Å². The van der Waals surface area contributed by atoms with Crippen LogP contribution in [-0.4, -0.2) is 41.9 Å². The van der Waals surface area contributed by atoms with E-state index in [1.807, 2.05) is 0 Å². The Morgan fingerprint density at radius 3 is 2.33 bits per heavy atom. The molecule has 0 spiro atoms. The van der Waals surface area contributed by atoms with Crippen molar-refractivity contribution in [3.8, 4) is 0 Å². The molecule has 0 radical (unpaired) electrons. The Morgan fingerprint density at radius 1 is 1.29 bits per heavy atom. The number of rotatable bonds is 3. The molecule has 21 heavy (non-hydrogen) atoms. The van der Waals surface area contributed by atoms with Gasteiger partial charge in [-0.25, -0.2) is 4.79 Å². The van der Waals surface area contributed by atoms with Gasteiger partial charge in [-0.1, -0.05) is 0 Å². The number of amides is 4. The molecule has 7 nitrogen and oxygen atoms in total. The first kappa shape index (κ1) is 14.8. The molecular weight excluding hydrogens is 272 g/mol. The van der Waals surface area contributed by atoms with E-state index in [0.717, 1.165) is 4.90 Å². The minimum absolute atomic E-state index is 0.297. The molecule has 1 aliphatic rings. The normalized spacial score (nSPS) is 16.8. The monoisotopic (exact) mass is 290 g/mol. The van der Waals surface area contributed by atoms with Crippen molar-refractivity contribution in [3.05, 3.63) is 24.3 Å². The van der Waals surface area contributed by atoms with Crippen LogP contribution in [-0.2, 0) is 9.59 Å². The fourth-order valence-corrected chi connectivity index (χ4v) is 2.04. The molecule has 0 bridgehead atoms. The van der Waals surface area contributed by atoms with Gasteiger partial charge in [-0.15, -0.1) is 0 Å². The summed E-state index contributed by atoms with van der Waals surface area (Å²) in [7, 11) is 1.58. The smallest absolute Gasteiger partial charge is 0.325 e. The van der Waals surface area contributed by atoms with Crippen LogP contribution >= 0.6 is 0 Å². The van der Waals surface area contributed by atoms with Crippen LogP contribution in [0.3, 0.4) is 0 Å². The lowest BCUT2D eigenvalue weighted by atomic mass is 10.1. The van der Waals surface area contributed by atoms with Crippen molar-refractivity contribution in [2.45, 2.75) is 19.4 Å². The number of nitrogen functional groups attached to an aromatic ring is 1. The number of nitrogens with two attached hydrogens (primary N) is 1. The zero-order valence-corrected chi connectivity index (χ0v) is 12.2. The van der Waals surface area contributed by atoms with Crippen molar-refractivity contribution in [2.75, 3.05) is 24.2 Å². The summed E-state index contributed by atoms with van der Waals surface area (Å²) in [4.78, 5) is 38.3. The Morgan fingerprint density at radius 2 is 1.86 bits per heavy atom. The molecule has 1 aromatic carbocycles. The predicted octanol–water partition coefficient (Wildman–Crippen LogP) is 0.562. The SMILES string of the molecule is CN(C(=O)CN1C(=O)NC(C)(C)C1=O)c1ccc(N)cc1. The maximum Gasteiger partial charge on any atom is 0.325 e. The fourth-order valence-electron chi connectivity index (χ4n) is 2.04. The van der Waals surface area contributed by atoms with Gasteiger partial charge >= 0.3 is 6.03 Å². The molecule has 4 amide bonds. The standard InChI is InChI=1S/C14H18N4O3/c1-14(2)12(20)18(13(21)16-14)8-11(19)17(3)10-6-4-9(15)5-7-10/h4-7H,8,15H2,1-3H3,(H,16,21). The van der Waals surface area contributed by atoms with Crippen molar-refractivity contribution in [2.24, 2.45) is 0 Å². The highest BCUT2D eigenvalue weighted by Crippen LogP contribution is 2.18. The van der Waals surface area contributed by atoms with Crippen LogP contribution in [0.5, 0.6) is 0 Å². The predicted molar refractivity (Wildman–Crippen MR) is 78.6 cm³/mol. The summed E-state index contributed by atoms with van der Waals surface area (Å²) in [6.45, 7) is 2.90. The Kier molecular flexibility index (Phi) is 3.59. The zero-order chi connectivity index (χ0) is 15.8. The van der Waals surface area contributed by atoms with Crippen molar-refractivity contribution >= 4 is 29.2 Å². The summed E-state index contributed by atoms with van der Waals surface area (Å²) < 4.78 is 0. The number of carbonyl (C=O) groups is 3. The number of imide groups is 1. The van der Waals surface area contributed by atoms with Crippen molar-refractivity contribution in [3.63, 3.8) is 0 Å². The molecular formula is C14H18N4O3. The van der Waals surface area contributed by atoms with Crippen molar-refractivity contribution in [1.82, 2.24) is 10.2 Å². The van der Waals surface area contributed by atoms with Crippen LogP contribution in [0, 0.1) is 0 Å². The lowest BCUT2D eigenvalue weighted by Gasteiger charge is -2.21. The molecule has 1 aliphatic heterocycles. The average Bonchev–Trinajstić information content (AvgIpc) is 2.61. The first-order valence-electron chi connectivity index (χ1n) is 6.48. The van der Waals surface area contributed by atoms with Crippen LogP contribution < -0.4 is 16.0 Å². The Labute approximate surface area is 122 Å². The number of hydrogen-bond donors (Lipinski definition) is 2. The Hall–Kier alpha value is -2.57. The summed E-state index contributed by atoms with van der Waals surface area (Å²) in [6, 6.07) is 6.20. The van der Waals surface area contributed by atoms with Gasteiger partial charge in [-0.3, -0.25) is 14.5 Å². The molecule has 7 heteroatoms. The number of urea groups is 1. The lowest BCUT2D eigenvalue weighted by molar-refractivity contribution is -0.133. The van der Waals surface area contributed by atoms with Crippen LogP contribution in [0.15, 0.2) is 24.3 Å². The molecule has 0 atom stereocenters. The summed E-state index contributed by atoms with van der Waals surface area (Å²) in [5, 5.41) is 2.53. The maximum absolute atomic E-state index is 12.2. The average molecular weight is 290 g/mol. The first-order valence-corrected chi connectivity index (χ1v) is 6.48. The third-order valence-corrected chi connectivity index (χ3v) is 3.39. The van der Waals surface area contributed by atoms with E-state index < -0.39 is 17.5 Å². The van der Waals surface area contributed by atoms with E-state index in [0.29, 0.717) is 11.4 Å². The third-order valence-electron chi connectivity index (χ3n) is 3.39. The number of nitrogens with zero attached hydrogens (tertiary/aromatic N) is 2. The summed E-state index contributed by atoms with van der Waals surface area (Å²) >= 11 is 0. The number of likely N-dealkylation sites (N-methyl/N-ethyl adjacent to an activating group) is 1. The molecule has 0 aromatic heterocycles. The third kappa shape index (κ3) is 2.81. The van der Waals surface area contributed by atoms with Crippen LogP contribution in [0.2, 0.25) is 0 Å². The largest absolute Gasteiger partial charge is 0.399 e. The molecule has 1 fully saturated rings. The lowest BCUT2D eigenvalue weighted by Crippen LogP contribution is -2.43. The van der Waals surface area contributed by atoms with Gasteiger partial charge in [0.15, 0.2) is 0 Å². The Bertz CT molecular complexity index is 595. The number of carbonyl (C=O) groups excluding carboxylic acids is 3. The highest BCUT2D eigenvalue weighted by Gasteiger charge is 2.45. The molecule has 0 saturated carbocycles. The number of nitrogens with one attached hydrogen (secondary N) is 1. The van der Waals surface area contributed by atoms with Gasteiger partial charge in [0.05, 0.1) is 0 Å². The van der Waals surface area contributed by atoms with Crippen molar-refractivity contribution in [1.29, 1.82) is 0 Å². The highest BCUT2D eigenvalue weighted by molar-refractivity contribution is 6.09. The summed E-state index contributed by atoms with van der Waals surface area (Å²) in [6.07, 6.45) is 0. The second kappa shape index (κ2) is 5.08. The number of hydrogen-bond acceptors (Lipinski definition) is 4. The van der Waals surface area contributed by atoms with E-state index in [1.54, 1.807) is 45.2 Å². The molecule has 3 N–H and O–H groups in total. The van der Waals surface area contributed by atoms with E-state index in [-0.39, 0.29) is 12.5 Å². The Balaban J connectivity index is 2.09. The van der Waals surface area contributed by atoms with Gasteiger partial charge in [0.25, 0.3) is 5.91 Å². The molecule has 112 valence electrons. The van der Waals surface area contributed by atoms with Crippen LogP contribution in [0.25, 0.3) is 0 Å². The highest BCUT2D eigenvalue weighted by atomic mass is 16.2. The molecule has 0 aliphatic carbocycles. The summed E-state index contributed by atoms with van der Waals surface area (Å²) in [5.41, 5.74) is 5.85. The van der Waals surface area contributed by atoms with Gasteiger partial charge in [0.1, 0.15) is 12.1 Å². The van der Waals surface area contributed by atoms with Gasteiger partial charge in [-0.05, 0) is 38.1 Å². The van der Waals surface area contributed by atoms with Gasteiger partial charge in [0, 0.05) is 18.4 Å². The fraction of sp³-hybridized carbons (Fsp3) is 0.357. The van der Waals surface area contributed by atoms with E-state index in [1.165, 1.54) is 4.90 Å². The quantitative estimate of drug-likeness (QED) is 0.628. The second-order valence-electron chi connectivity index (χ2n) is 5.49. The molecule has 0 unspecified atom stereocenters. The molecule has 2 rings (SSSR count). The topological polar surface area (TPSA) is 95.7 Å². The minimum atomic E-state index is -0.975. The van der Waals surface area contributed by atoms with E-state index >= 15 is 0 Å². The zero-order valence-electron chi connectivity index (χ0n) is 12.2. The van der Waals surface area contributed by atoms with Gasteiger partial charge in [0.2, 0.25) is 5.91 Å². The number of anilines is 2. The molecule has 1 saturated heterocycles. The number of benzene rings is 1. The summed E-state index contributed by atoms with van der Waals surface area (Å²) in [5.74, 6) is -0.771.